The summed E-state index contributed by atoms with van der Waals surface area (Å²) >= 11 is 0.927. The van der Waals surface area contributed by atoms with Gasteiger partial charge in [0.2, 0.25) is 5.69 Å². The van der Waals surface area contributed by atoms with Crippen LogP contribution in [-0.2, 0) is 14.8 Å². The zero-order valence-corrected chi connectivity index (χ0v) is 11.1. The molecule has 0 aromatic heterocycles. The van der Waals surface area contributed by atoms with Crippen LogP contribution in [-0.4, -0.2) is 17.3 Å². The lowest BCUT2D eigenvalue weighted by molar-refractivity contribution is -0.777. The third-order valence-electron chi connectivity index (χ3n) is 3.57. The summed E-state index contributed by atoms with van der Waals surface area (Å²) in [7, 11) is 2.06. The SMILES string of the molecule is CC1=[N+](C)c2ccc(SOO[O-])cc2C1(C)C. The fraction of sp³-hybridized carbons (Fsp3) is 0.417. The van der Waals surface area contributed by atoms with Crippen molar-refractivity contribution in [3.63, 3.8) is 0 Å². The predicted molar refractivity (Wildman–Crippen MR) is 64.0 cm³/mol. The first-order valence-electron chi connectivity index (χ1n) is 5.34. The molecule has 0 atom stereocenters. The van der Waals surface area contributed by atoms with Crippen LogP contribution >= 0.6 is 12.0 Å². The van der Waals surface area contributed by atoms with E-state index in [1.165, 1.54) is 17.0 Å². The molecule has 0 spiro atoms. The topological polar surface area (TPSA) is 44.5 Å². The molecule has 0 saturated heterocycles. The Bertz CT molecular complexity index is 483. The quantitative estimate of drug-likeness (QED) is 0.357. The van der Waals surface area contributed by atoms with E-state index in [2.05, 4.69) is 41.8 Å². The van der Waals surface area contributed by atoms with Crippen LogP contribution in [0, 0.1) is 0 Å². The maximum absolute atomic E-state index is 9.81. The summed E-state index contributed by atoms with van der Waals surface area (Å²) in [5.41, 5.74) is 3.73. The molecule has 0 fully saturated rings. The van der Waals surface area contributed by atoms with Gasteiger partial charge in [0, 0.05) is 23.4 Å². The Morgan fingerprint density at radius 3 is 2.71 bits per heavy atom. The minimum atomic E-state index is -0.00102. The van der Waals surface area contributed by atoms with Crippen molar-refractivity contribution >= 4 is 23.4 Å². The number of fused-ring (bicyclic) bond motifs is 1. The highest BCUT2D eigenvalue weighted by atomic mass is 32.2. The summed E-state index contributed by atoms with van der Waals surface area (Å²) in [6, 6.07) is 5.98. The first kappa shape index (κ1) is 12.6. The standard InChI is InChI=1S/C12H15NO3S/c1-8-12(2,3)10-7-9(17-16-15-14)5-6-11(10)13(8)4/h5-7H,1-4H3. The van der Waals surface area contributed by atoms with Crippen molar-refractivity contribution in [2.24, 2.45) is 0 Å². The number of benzene rings is 1. The molecule has 0 radical (unpaired) electrons. The second kappa shape index (κ2) is 4.42. The van der Waals surface area contributed by atoms with Crippen molar-refractivity contribution in [3.8, 4) is 0 Å². The lowest BCUT2D eigenvalue weighted by Gasteiger charge is -2.15. The molecule has 92 valence electrons. The van der Waals surface area contributed by atoms with Crippen molar-refractivity contribution in [1.82, 2.24) is 0 Å². The number of nitrogens with zero attached hydrogens (tertiary/aromatic N) is 1. The van der Waals surface area contributed by atoms with Gasteiger partial charge in [-0.15, -0.1) is 0 Å². The van der Waals surface area contributed by atoms with Crippen molar-refractivity contribution in [1.29, 1.82) is 0 Å². The summed E-state index contributed by atoms with van der Waals surface area (Å²) in [5, 5.41) is 13.2. The molecule has 1 heterocycles. The van der Waals surface area contributed by atoms with Crippen molar-refractivity contribution in [2.75, 3.05) is 7.05 Å². The molecule has 0 amide bonds. The zero-order valence-electron chi connectivity index (χ0n) is 10.3. The Morgan fingerprint density at radius 1 is 1.35 bits per heavy atom. The van der Waals surface area contributed by atoms with E-state index in [-0.39, 0.29) is 5.41 Å². The van der Waals surface area contributed by atoms with Crippen LogP contribution in [0.3, 0.4) is 0 Å². The number of rotatable bonds is 3. The molecule has 1 aliphatic heterocycles. The number of hydrogen-bond acceptors (Lipinski definition) is 4. The second-order valence-corrected chi connectivity index (χ2v) is 5.44. The molecule has 1 aromatic carbocycles. The summed E-state index contributed by atoms with van der Waals surface area (Å²) in [4.78, 5) is 0.857. The van der Waals surface area contributed by atoms with Gasteiger partial charge in [0.25, 0.3) is 0 Å². The van der Waals surface area contributed by atoms with E-state index in [4.69, 9.17) is 0 Å². The zero-order chi connectivity index (χ0) is 12.6. The van der Waals surface area contributed by atoms with Crippen LogP contribution in [0.1, 0.15) is 26.3 Å². The molecule has 0 bridgehead atoms. The van der Waals surface area contributed by atoms with Crippen LogP contribution in [0.2, 0.25) is 0 Å². The van der Waals surface area contributed by atoms with Crippen LogP contribution in [0.5, 0.6) is 0 Å². The lowest BCUT2D eigenvalue weighted by Crippen LogP contribution is -2.25. The van der Waals surface area contributed by atoms with Crippen LogP contribution in [0.25, 0.3) is 0 Å². The lowest BCUT2D eigenvalue weighted by atomic mass is 9.82. The Kier molecular flexibility index (Phi) is 3.27. The second-order valence-electron chi connectivity index (χ2n) is 4.67. The number of hydrogen-bond donors (Lipinski definition) is 0. The van der Waals surface area contributed by atoms with Gasteiger partial charge in [0.1, 0.15) is 7.05 Å². The molecular formula is C12H15NO3S. The Morgan fingerprint density at radius 2 is 2.06 bits per heavy atom. The molecule has 0 unspecified atom stereocenters. The van der Waals surface area contributed by atoms with Gasteiger partial charge >= 0.3 is 0 Å². The Labute approximate surface area is 105 Å². The van der Waals surface area contributed by atoms with Crippen LogP contribution in [0.15, 0.2) is 23.1 Å². The van der Waals surface area contributed by atoms with Crippen molar-refractivity contribution in [3.05, 3.63) is 23.8 Å². The largest absolute Gasteiger partial charge is 0.691 e. The van der Waals surface area contributed by atoms with Gasteiger partial charge in [0.15, 0.2) is 5.71 Å². The molecule has 2 rings (SSSR count). The van der Waals surface area contributed by atoms with Crippen molar-refractivity contribution < 1.29 is 19.2 Å². The van der Waals surface area contributed by atoms with E-state index in [0.29, 0.717) is 0 Å². The summed E-state index contributed by atoms with van der Waals surface area (Å²) in [6.07, 6.45) is 0. The van der Waals surface area contributed by atoms with Gasteiger partial charge in [-0.2, -0.15) is 4.33 Å². The normalized spacial score (nSPS) is 17.5. The molecule has 5 heteroatoms. The molecular weight excluding hydrogens is 238 g/mol. The molecule has 1 aromatic rings. The molecule has 4 nitrogen and oxygen atoms in total. The summed E-state index contributed by atoms with van der Waals surface area (Å²) < 4.78 is 6.53. The molecule has 1 aliphatic rings. The fourth-order valence-corrected chi connectivity index (χ4v) is 2.60. The molecule has 17 heavy (non-hydrogen) atoms. The highest BCUT2D eigenvalue weighted by molar-refractivity contribution is 7.94. The first-order chi connectivity index (χ1) is 7.98. The van der Waals surface area contributed by atoms with Crippen molar-refractivity contribution in [2.45, 2.75) is 31.1 Å². The van der Waals surface area contributed by atoms with Gasteiger partial charge in [-0.05, 0) is 26.0 Å². The summed E-state index contributed by atoms with van der Waals surface area (Å²) in [6.45, 7) is 6.50. The van der Waals surface area contributed by atoms with E-state index < -0.39 is 0 Å². The minimum Gasteiger partial charge on any atom is -0.691 e. The Hall–Kier alpha value is -0.880. The first-order valence-corrected chi connectivity index (χ1v) is 6.08. The smallest absolute Gasteiger partial charge is 0.209 e. The van der Waals surface area contributed by atoms with Gasteiger partial charge < -0.3 is 5.26 Å². The summed E-state index contributed by atoms with van der Waals surface area (Å²) in [5.74, 6) is 0. The maximum Gasteiger partial charge on any atom is 0.209 e. The predicted octanol–water partition coefficient (Wildman–Crippen LogP) is 1.94. The van der Waals surface area contributed by atoms with E-state index in [1.54, 1.807) is 0 Å². The maximum atomic E-state index is 9.81. The highest BCUT2D eigenvalue weighted by Gasteiger charge is 2.41. The average molecular weight is 253 g/mol. The van der Waals surface area contributed by atoms with E-state index in [9.17, 15) is 5.26 Å². The molecule has 0 aliphatic carbocycles. The van der Waals surface area contributed by atoms with Crippen LogP contribution < -0.4 is 5.26 Å². The molecule has 0 N–H and O–H groups in total. The fourth-order valence-electron chi connectivity index (χ4n) is 2.21. The third kappa shape index (κ3) is 1.99. The van der Waals surface area contributed by atoms with Gasteiger partial charge in [-0.3, -0.25) is 5.04 Å². The van der Waals surface area contributed by atoms with Gasteiger partial charge in [-0.1, -0.05) is 0 Å². The van der Waals surface area contributed by atoms with Gasteiger partial charge in [-0.25, -0.2) is 4.58 Å². The molecule has 0 saturated carbocycles. The van der Waals surface area contributed by atoms with E-state index in [1.807, 2.05) is 18.2 Å². The Balaban J connectivity index is 2.41. The minimum absolute atomic E-state index is 0.00102. The monoisotopic (exact) mass is 253 g/mol. The van der Waals surface area contributed by atoms with Crippen LogP contribution in [0.4, 0.5) is 5.69 Å². The van der Waals surface area contributed by atoms with E-state index in [0.717, 1.165) is 16.9 Å². The highest BCUT2D eigenvalue weighted by Crippen LogP contribution is 2.40. The third-order valence-corrected chi connectivity index (χ3v) is 4.14. The van der Waals surface area contributed by atoms with Gasteiger partial charge in [0.05, 0.1) is 17.5 Å². The van der Waals surface area contributed by atoms with E-state index >= 15 is 0 Å². The average Bonchev–Trinajstić information content (AvgIpc) is 2.49.